The predicted molar refractivity (Wildman–Crippen MR) is 69.0 cm³/mol. The zero-order valence-corrected chi connectivity index (χ0v) is 12.0. The highest BCUT2D eigenvalue weighted by Crippen LogP contribution is 2.39. The van der Waals surface area contributed by atoms with Crippen molar-refractivity contribution in [3.05, 3.63) is 0 Å². The van der Waals surface area contributed by atoms with Crippen molar-refractivity contribution >= 4 is 17.5 Å². The molecule has 112 valence electrons. The maximum Gasteiger partial charge on any atom is 0.391 e. The van der Waals surface area contributed by atoms with Crippen LogP contribution in [0.2, 0.25) is 0 Å². The lowest BCUT2D eigenvalue weighted by Crippen LogP contribution is -2.40. The number of amides is 1. The molecule has 2 nitrogen and oxygen atoms in total. The van der Waals surface area contributed by atoms with Gasteiger partial charge in [-0.2, -0.15) is 13.2 Å². The molecule has 0 bridgehead atoms. The molecule has 0 heterocycles. The molecule has 0 radical (unpaired) electrons. The number of hydrogen-bond acceptors (Lipinski definition) is 1. The summed E-state index contributed by atoms with van der Waals surface area (Å²) in [4.78, 5) is 11.9. The minimum absolute atomic E-state index is 0.0312. The Bertz CT molecular complexity index is 299. The van der Waals surface area contributed by atoms with Crippen LogP contribution in [0.3, 0.4) is 0 Å². The molecule has 0 aromatic rings. The summed E-state index contributed by atoms with van der Waals surface area (Å²) in [5.74, 6) is -1.66. The van der Waals surface area contributed by atoms with E-state index in [1.165, 1.54) is 0 Å². The standard InChI is InChI=1S/C13H21ClF3NO/c1-8(14)7-9(2)18-12(19)10-3-5-11(6-4-10)13(15,16)17/h8-11H,3-7H2,1-2H3,(H,18,19). The molecule has 1 aliphatic rings. The van der Waals surface area contributed by atoms with Gasteiger partial charge in [-0.15, -0.1) is 11.6 Å². The summed E-state index contributed by atoms with van der Waals surface area (Å²) in [5, 5.41) is 2.80. The molecule has 0 spiro atoms. The van der Waals surface area contributed by atoms with Gasteiger partial charge in [0, 0.05) is 17.3 Å². The second-order valence-corrected chi connectivity index (χ2v) is 6.26. The van der Waals surface area contributed by atoms with Crippen molar-refractivity contribution in [2.45, 2.75) is 63.5 Å². The minimum Gasteiger partial charge on any atom is -0.353 e. The van der Waals surface area contributed by atoms with E-state index >= 15 is 0 Å². The van der Waals surface area contributed by atoms with E-state index in [9.17, 15) is 18.0 Å². The van der Waals surface area contributed by atoms with Crippen LogP contribution >= 0.6 is 11.6 Å². The summed E-state index contributed by atoms with van der Waals surface area (Å²) in [7, 11) is 0. The van der Waals surface area contributed by atoms with E-state index in [2.05, 4.69) is 5.32 Å². The summed E-state index contributed by atoms with van der Waals surface area (Å²) < 4.78 is 37.5. The Morgan fingerprint density at radius 2 is 1.79 bits per heavy atom. The Kier molecular flexibility index (Phi) is 5.96. The summed E-state index contributed by atoms with van der Waals surface area (Å²) in [6.07, 6.45) is -2.71. The first-order valence-electron chi connectivity index (χ1n) is 6.71. The largest absolute Gasteiger partial charge is 0.391 e. The van der Waals surface area contributed by atoms with Gasteiger partial charge in [0.1, 0.15) is 0 Å². The molecule has 1 saturated carbocycles. The van der Waals surface area contributed by atoms with Crippen LogP contribution in [0.4, 0.5) is 13.2 Å². The molecule has 1 rings (SSSR count). The maximum atomic E-state index is 12.5. The quantitative estimate of drug-likeness (QED) is 0.784. The number of carbonyl (C=O) groups is 1. The van der Waals surface area contributed by atoms with E-state index in [0.29, 0.717) is 19.3 Å². The second kappa shape index (κ2) is 6.82. The van der Waals surface area contributed by atoms with Gasteiger partial charge in [-0.1, -0.05) is 0 Å². The fourth-order valence-corrected chi connectivity index (χ4v) is 2.86. The Hall–Kier alpha value is -0.450. The van der Waals surface area contributed by atoms with E-state index < -0.39 is 12.1 Å². The van der Waals surface area contributed by atoms with E-state index in [-0.39, 0.29) is 36.1 Å². The zero-order chi connectivity index (χ0) is 14.6. The number of rotatable bonds is 4. The van der Waals surface area contributed by atoms with Crippen LogP contribution in [0.15, 0.2) is 0 Å². The van der Waals surface area contributed by atoms with Crippen LogP contribution in [0.25, 0.3) is 0 Å². The van der Waals surface area contributed by atoms with Crippen molar-refractivity contribution in [1.29, 1.82) is 0 Å². The SMILES string of the molecule is CC(Cl)CC(C)NC(=O)C1CCC(C(F)(F)F)CC1. The molecule has 1 aliphatic carbocycles. The Balaban J connectivity index is 2.37. The third-order valence-electron chi connectivity index (χ3n) is 3.63. The van der Waals surface area contributed by atoms with Crippen LogP contribution < -0.4 is 5.32 Å². The minimum atomic E-state index is -4.12. The zero-order valence-electron chi connectivity index (χ0n) is 11.3. The lowest BCUT2D eigenvalue weighted by molar-refractivity contribution is -0.184. The van der Waals surface area contributed by atoms with Gasteiger partial charge in [0.15, 0.2) is 0 Å². The number of carbonyl (C=O) groups excluding carboxylic acids is 1. The van der Waals surface area contributed by atoms with Crippen LogP contribution in [0.5, 0.6) is 0 Å². The van der Waals surface area contributed by atoms with E-state index in [4.69, 9.17) is 11.6 Å². The molecule has 0 saturated heterocycles. The molecule has 1 amide bonds. The van der Waals surface area contributed by atoms with Gasteiger partial charge < -0.3 is 5.32 Å². The number of nitrogens with one attached hydrogen (secondary N) is 1. The molecule has 6 heteroatoms. The van der Waals surface area contributed by atoms with Gasteiger partial charge in [-0.25, -0.2) is 0 Å². The van der Waals surface area contributed by atoms with Crippen LogP contribution in [-0.4, -0.2) is 23.5 Å². The molecule has 1 N–H and O–H groups in total. The summed E-state index contributed by atoms with van der Waals surface area (Å²) in [6.45, 7) is 3.71. The number of hydrogen-bond donors (Lipinski definition) is 1. The van der Waals surface area contributed by atoms with Crippen molar-refractivity contribution in [2.75, 3.05) is 0 Å². The maximum absolute atomic E-state index is 12.5. The number of alkyl halides is 4. The summed E-state index contributed by atoms with van der Waals surface area (Å²) in [6, 6.07) is -0.0414. The molecule has 2 unspecified atom stereocenters. The van der Waals surface area contributed by atoms with Gasteiger partial charge in [0.25, 0.3) is 0 Å². The summed E-state index contributed by atoms with van der Waals surface area (Å²) in [5.41, 5.74) is 0. The molecular formula is C13H21ClF3NO. The Morgan fingerprint density at radius 3 is 2.21 bits per heavy atom. The van der Waals surface area contributed by atoms with E-state index in [1.807, 2.05) is 13.8 Å². The van der Waals surface area contributed by atoms with Gasteiger partial charge in [0.2, 0.25) is 5.91 Å². The normalized spacial score (nSPS) is 27.7. The highest BCUT2D eigenvalue weighted by Gasteiger charge is 2.42. The fourth-order valence-electron chi connectivity index (χ4n) is 2.59. The first-order valence-corrected chi connectivity index (χ1v) is 7.15. The topological polar surface area (TPSA) is 29.1 Å². The average molecular weight is 300 g/mol. The van der Waals surface area contributed by atoms with Gasteiger partial charge in [-0.05, 0) is 46.0 Å². The van der Waals surface area contributed by atoms with E-state index in [1.54, 1.807) is 0 Å². The van der Waals surface area contributed by atoms with Crippen molar-refractivity contribution in [3.8, 4) is 0 Å². The van der Waals surface area contributed by atoms with Gasteiger partial charge in [0.05, 0.1) is 5.92 Å². The molecule has 2 atom stereocenters. The smallest absolute Gasteiger partial charge is 0.353 e. The van der Waals surface area contributed by atoms with E-state index in [0.717, 1.165) is 0 Å². The Morgan fingerprint density at radius 1 is 1.26 bits per heavy atom. The second-order valence-electron chi connectivity index (χ2n) is 5.52. The molecular weight excluding hydrogens is 279 g/mol. The summed E-state index contributed by atoms with van der Waals surface area (Å²) >= 11 is 5.83. The molecule has 19 heavy (non-hydrogen) atoms. The fraction of sp³-hybridized carbons (Fsp3) is 0.923. The molecule has 0 aromatic heterocycles. The predicted octanol–water partition coefficient (Wildman–Crippen LogP) is 3.88. The van der Waals surface area contributed by atoms with Crippen molar-refractivity contribution in [1.82, 2.24) is 5.32 Å². The van der Waals surface area contributed by atoms with Gasteiger partial charge in [-0.3, -0.25) is 4.79 Å². The van der Waals surface area contributed by atoms with Crippen LogP contribution in [0, 0.1) is 11.8 Å². The average Bonchev–Trinajstić information content (AvgIpc) is 2.26. The lowest BCUT2D eigenvalue weighted by Gasteiger charge is -2.30. The van der Waals surface area contributed by atoms with Crippen LogP contribution in [-0.2, 0) is 4.79 Å². The molecule has 0 aromatic carbocycles. The molecule has 0 aliphatic heterocycles. The lowest BCUT2D eigenvalue weighted by atomic mass is 9.81. The highest BCUT2D eigenvalue weighted by molar-refractivity contribution is 6.20. The first-order chi connectivity index (χ1) is 8.70. The third kappa shape index (κ3) is 5.59. The Labute approximate surface area is 117 Å². The van der Waals surface area contributed by atoms with Crippen molar-refractivity contribution < 1.29 is 18.0 Å². The highest BCUT2D eigenvalue weighted by atomic mass is 35.5. The van der Waals surface area contributed by atoms with Crippen molar-refractivity contribution in [2.24, 2.45) is 11.8 Å². The third-order valence-corrected chi connectivity index (χ3v) is 3.81. The van der Waals surface area contributed by atoms with Crippen LogP contribution in [0.1, 0.15) is 46.0 Å². The number of halogens is 4. The van der Waals surface area contributed by atoms with Gasteiger partial charge >= 0.3 is 6.18 Å². The monoisotopic (exact) mass is 299 g/mol. The van der Waals surface area contributed by atoms with Crippen molar-refractivity contribution in [3.63, 3.8) is 0 Å². The molecule has 1 fully saturated rings. The first kappa shape index (κ1) is 16.6.